The summed E-state index contributed by atoms with van der Waals surface area (Å²) in [5.41, 5.74) is 0.720. The monoisotopic (exact) mass is 283 g/mol. The quantitative estimate of drug-likeness (QED) is 0.843. The number of aryl methyl sites for hydroxylation is 2. The zero-order valence-electron chi connectivity index (χ0n) is 11.9. The van der Waals surface area contributed by atoms with Crippen molar-refractivity contribution in [1.82, 2.24) is 5.32 Å². The van der Waals surface area contributed by atoms with Gasteiger partial charge in [0.2, 0.25) is 5.91 Å². The van der Waals surface area contributed by atoms with Crippen molar-refractivity contribution in [3.63, 3.8) is 0 Å². The van der Waals surface area contributed by atoms with E-state index in [1.165, 1.54) is 10.4 Å². The van der Waals surface area contributed by atoms with Gasteiger partial charge in [0.15, 0.2) is 0 Å². The van der Waals surface area contributed by atoms with Crippen molar-refractivity contribution in [3.05, 3.63) is 21.4 Å². The second-order valence-electron chi connectivity index (χ2n) is 5.64. The summed E-state index contributed by atoms with van der Waals surface area (Å²) in [6.45, 7) is 8.20. The summed E-state index contributed by atoms with van der Waals surface area (Å²) >= 11 is 1.68. The summed E-state index contributed by atoms with van der Waals surface area (Å²) in [7, 11) is 0. The van der Waals surface area contributed by atoms with Gasteiger partial charge in [0, 0.05) is 16.2 Å². The van der Waals surface area contributed by atoms with Crippen molar-refractivity contribution < 1.29 is 14.7 Å². The van der Waals surface area contributed by atoms with Gasteiger partial charge < -0.3 is 10.4 Å². The molecule has 0 unspecified atom stereocenters. The summed E-state index contributed by atoms with van der Waals surface area (Å²) in [4.78, 5) is 24.9. The SMILES string of the molecule is Cc1cc(CNC(=O)CC(C)(C)CC(=O)O)sc1C. The Morgan fingerprint density at radius 3 is 2.42 bits per heavy atom. The lowest BCUT2D eigenvalue weighted by Gasteiger charge is -2.21. The molecule has 0 radical (unpaired) electrons. The van der Waals surface area contributed by atoms with Crippen LogP contribution in [0.3, 0.4) is 0 Å². The fourth-order valence-electron chi connectivity index (χ4n) is 1.89. The average Bonchev–Trinajstić information content (AvgIpc) is 2.53. The largest absolute Gasteiger partial charge is 0.481 e. The molecule has 0 aliphatic carbocycles. The molecule has 0 aromatic carbocycles. The van der Waals surface area contributed by atoms with Crippen LogP contribution in [0.4, 0.5) is 0 Å². The van der Waals surface area contributed by atoms with Crippen molar-refractivity contribution in [1.29, 1.82) is 0 Å². The predicted octanol–water partition coefficient (Wildman–Crippen LogP) is 2.87. The van der Waals surface area contributed by atoms with Crippen LogP contribution in [0.5, 0.6) is 0 Å². The highest BCUT2D eigenvalue weighted by atomic mass is 32.1. The molecule has 5 heteroatoms. The fourth-order valence-corrected chi connectivity index (χ4v) is 2.88. The molecule has 0 atom stereocenters. The Morgan fingerprint density at radius 1 is 1.32 bits per heavy atom. The fraction of sp³-hybridized carbons (Fsp3) is 0.571. The number of hydrogen-bond donors (Lipinski definition) is 2. The lowest BCUT2D eigenvalue weighted by molar-refractivity contribution is -0.139. The van der Waals surface area contributed by atoms with E-state index in [0.717, 1.165) is 4.88 Å². The molecule has 106 valence electrons. The zero-order valence-corrected chi connectivity index (χ0v) is 12.7. The second-order valence-corrected chi connectivity index (χ2v) is 6.98. The number of carbonyl (C=O) groups excluding carboxylic acids is 1. The minimum absolute atomic E-state index is 0.00234. The number of carboxylic acids is 1. The average molecular weight is 283 g/mol. The lowest BCUT2D eigenvalue weighted by Crippen LogP contribution is -2.29. The molecule has 0 spiro atoms. The third kappa shape index (κ3) is 5.42. The number of carboxylic acid groups (broad SMARTS) is 1. The number of carbonyl (C=O) groups is 2. The number of aliphatic carboxylic acids is 1. The number of hydrogen-bond acceptors (Lipinski definition) is 3. The highest BCUT2D eigenvalue weighted by Gasteiger charge is 2.25. The van der Waals surface area contributed by atoms with Gasteiger partial charge >= 0.3 is 5.97 Å². The van der Waals surface area contributed by atoms with E-state index in [0.29, 0.717) is 6.54 Å². The van der Waals surface area contributed by atoms with E-state index in [1.807, 2.05) is 6.92 Å². The van der Waals surface area contributed by atoms with E-state index in [9.17, 15) is 9.59 Å². The van der Waals surface area contributed by atoms with Crippen LogP contribution in [0.2, 0.25) is 0 Å². The zero-order chi connectivity index (χ0) is 14.6. The minimum Gasteiger partial charge on any atom is -0.481 e. The molecule has 0 saturated heterocycles. The van der Waals surface area contributed by atoms with E-state index >= 15 is 0 Å². The highest BCUT2D eigenvalue weighted by molar-refractivity contribution is 7.12. The molecular weight excluding hydrogens is 262 g/mol. The molecule has 1 heterocycles. The molecule has 0 saturated carbocycles. The van der Waals surface area contributed by atoms with Crippen LogP contribution in [-0.4, -0.2) is 17.0 Å². The summed E-state index contributed by atoms with van der Waals surface area (Å²) in [6, 6.07) is 2.07. The van der Waals surface area contributed by atoms with Gasteiger partial charge in [-0.15, -0.1) is 11.3 Å². The van der Waals surface area contributed by atoms with Crippen LogP contribution in [0.15, 0.2) is 6.07 Å². The maximum Gasteiger partial charge on any atom is 0.303 e. The Labute approximate surface area is 117 Å². The van der Waals surface area contributed by atoms with Crippen molar-refractivity contribution in [2.45, 2.75) is 47.1 Å². The number of nitrogens with one attached hydrogen (secondary N) is 1. The Morgan fingerprint density at radius 2 is 1.95 bits per heavy atom. The van der Waals surface area contributed by atoms with E-state index in [4.69, 9.17) is 5.11 Å². The molecule has 4 nitrogen and oxygen atoms in total. The molecule has 1 amide bonds. The maximum atomic E-state index is 11.8. The first-order chi connectivity index (χ1) is 8.69. The van der Waals surface area contributed by atoms with Gasteiger partial charge in [-0.05, 0) is 30.9 Å². The van der Waals surface area contributed by atoms with Crippen LogP contribution in [0.25, 0.3) is 0 Å². The standard InChI is InChI=1S/C14H21NO3S/c1-9-5-11(19-10(9)2)8-15-12(16)6-14(3,4)7-13(17)18/h5H,6-8H2,1-4H3,(H,15,16)(H,17,18). The molecule has 19 heavy (non-hydrogen) atoms. The van der Waals surface area contributed by atoms with Gasteiger partial charge in [-0.1, -0.05) is 13.8 Å². The number of rotatable bonds is 6. The first-order valence-corrected chi connectivity index (χ1v) is 7.06. The van der Waals surface area contributed by atoms with Gasteiger partial charge in [0.25, 0.3) is 0 Å². The number of amides is 1. The van der Waals surface area contributed by atoms with Crippen molar-refractivity contribution >= 4 is 23.2 Å². The Kier molecular flexibility index (Phi) is 5.11. The summed E-state index contributed by atoms with van der Waals surface area (Å²) in [5.74, 6) is -0.975. The molecule has 2 N–H and O–H groups in total. The van der Waals surface area contributed by atoms with Crippen molar-refractivity contribution in [3.8, 4) is 0 Å². The van der Waals surface area contributed by atoms with Crippen molar-refractivity contribution in [2.75, 3.05) is 0 Å². The second kappa shape index (κ2) is 6.19. The predicted molar refractivity (Wildman–Crippen MR) is 76.3 cm³/mol. The third-order valence-corrected chi connectivity index (χ3v) is 4.10. The van der Waals surface area contributed by atoms with E-state index < -0.39 is 11.4 Å². The molecule has 1 aromatic heterocycles. The summed E-state index contributed by atoms with van der Waals surface area (Å²) in [6.07, 6.45) is 0.222. The molecule has 0 fully saturated rings. The van der Waals surface area contributed by atoms with Crippen molar-refractivity contribution in [2.24, 2.45) is 5.41 Å². The first kappa shape index (κ1) is 15.7. The van der Waals surface area contributed by atoms with Gasteiger partial charge in [-0.2, -0.15) is 0 Å². The molecule has 0 aliphatic rings. The Bertz CT molecular complexity index is 458. The maximum absolute atomic E-state index is 11.8. The van der Waals surface area contributed by atoms with Crippen LogP contribution in [0.1, 0.15) is 42.0 Å². The molecule has 0 bridgehead atoms. The van der Waals surface area contributed by atoms with Crippen LogP contribution in [-0.2, 0) is 16.1 Å². The molecular formula is C14H21NO3S. The Hall–Kier alpha value is -1.36. The normalized spacial score (nSPS) is 11.4. The van der Waals surface area contributed by atoms with E-state index in [2.05, 4.69) is 18.3 Å². The van der Waals surface area contributed by atoms with Gasteiger partial charge in [0.1, 0.15) is 0 Å². The van der Waals surface area contributed by atoms with Crippen LogP contribution < -0.4 is 5.32 Å². The van der Waals surface area contributed by atoms with Gasteiger partial charge in [-0.25, -0.2) is 0 Å². The van der Waals surface area contributed by atoms with Gasteiger partial charge in [-0.3, -0.25) is 9.59 Å². The van der Waals surface area contributed by atoms with E-state index in [-0.39, 0.29) is 18.7 Å². The highest BCUT2D eigenvalue weighted by Crippen LogP contribution is 2.25. The minimum atomic E-state index is -0.873. The molecule has 1 aromatic rings. The van der Waals surface area contributed by atoms with Gasteiger partial charge in [0.05, 0.1) is 13.0 Å². The van der Waals surface area contributed by atoms with Crippen LogP contribution in [0, 0.1) is 19.3 Å². The first-order valence-electron chi connectivity index (χ1n) is 6.24. The lowest BCUT2D eigenvalue weighted by atomic mass is 9.85. The summed E-state index contributed by atoms with van der Waals surface area (Å²) in [5, 5.41) is 11.6. The van der Waals surface area contributed by atoms with E-state index in [1.54, 1.807) is 25.2 Å². The smallest absolute Gasteiger partial charge is 0.303 e. The third-order valence-electron chi connectivity index (χ3n) is 2.95. The Balaban J connectivity index is 2.45. The number of thiophene rings is 1. The van der Waals surface area contributed by atoms with Crippen LogP contribution >= 0.6 is 11.3 Å². The summed E-state index contributed by atoms with van der Waals surface area (Å²) < 4.78 is 0. The molecule has 0 aliphatic heterocycles. The molecule has 1 rings (SSSR count). The topological polar surface area (TPSA) is 66.4 Å².